The summed E-state index contributed by atoms with van der Waals surface area (Å²) in [5.41, 5.74) is 3.21. The van der Waals surface area contributed by atoms with E-state index in [1.165, 1.54) is 55.9 Å². The van der Waals surface area contributed by atoms with E-state index < -0.39 is 21.7 Å². The van der Waals surface area contributed by atoms with E-state index in [2.05, 4.69) is 10.4 Å². The van der Waals surface area contributed by atoms with E-state index in [9.17, 15) is 18.0 Å². The molecule has 0 radical (unpaired) electrons. The van der Waals surface area contributed by atoms with E-state index in [4.69, 9.17) is 16.3 Å². The van der Waals surface area contributed by atoms with Crippen LogP contribution >= 0.6 is 11.6 Å². The Labute approximate surface area is 189 Å². The summed E-state index contributed by atoms with van der Waals surface area (Å²) in [5.74, 6) is -1.08. The minimum atomic E-state index is -4.25. The molecule has 1 aromatic heterocycles. The first-order valence-corrected chi connectivity index (χ1v) is 11.0. The van der Waals surface area contributed by atoms with Crippen LogP contribution in [0.4, 0.5) is 0 Å². The molecule has 3 rings (SSSR count). The third kappa shape index (κ3) is 5.79. The third-order valence-electron chi connectivity index (χ3n) is 4.28. The van der Waals surface area contributed by atoms with Gasteiger partial charge in [0.2, 0.25) is 0 Å². The van der Waals surface area contributed by atoms with Crippen molar-refractivity contribution >= 4 is 39.4 Å². The molecular weight excluding hydrogens is 454 g/mol. The number of hydrogen-bond donors (Lipinski definition) is 2. The predicted molar refractivity (Wildman–Crippen MR) is 120 cm³/mol. The van der Waals surface area contributed by atoms with Crippen LogP contribution in [-0.4, -0.2) is 32.2 Å². The number of hydrazine groups is 1. The van der Waals surface area contributed by atoms with Gasteiger partial charge in [-0.3, -0.25) is 20.0 Å². The molecule has 2 N–H and O–H groups in total. The zero-order chi connectivity index (χ0) is 23.1. The second kappa shape index (κ2) is 10.2. The molecule has 0 aliphatic carbocycles. The molecule has 0 aliphatic heterocycles. The smallest absolute Gasteiger partial charge is 0.266 e. The van der Waals surface area contributed by atoms with Gasteiger partial charge in [0.05, 0.1) is 7.11 Å². The lowest BCUT2D eigenvalue weighted by molar-refractivity contribution is 0.0944. The number of aromatic nitrogens is 1. The molecule has 0 aliphatic rings. The zero-order valence-electron chi connectivity index (χ0n) is 16.8. The monoisotopic (exact) mass is 471 g/mol. The standard InChI is InChI=1S/C22H18ClN3O5S/c1-31-20-9-5-17(19(27)8-4-15-2-6-18(23)7-3-15)14-21(20)32(29,30)26-25-22(28)16-10-12-24-13-11-16/h2-14,26H,1H3,(H,25,28)/b8-4+. The van der Waals surface area contributed by atoms with Crippen molar-refractivity contribution in [3.05, 3.63) is 94.8 Å². The number of nitrogens with one attached hydrogen (secondary N) is 2. The maximum atomic E-state index is 12.8. The summed E-state index contributed by atoms with van der Waals surface area (Å²) in [4.78, 5) is 30.2. The van der Waals surface area contributed by atoms with Gasteiger partial charge in [-0.2, -0.15) is 0 Å². The molecule has 8 nitrogen and oxygen atoms in total. The second-order valence-electron chi connectivity index (χ2n) is 6.41. The van der Waals surface area contributed by atoms with Crippen LogP contribution in [0.25, 0.3) is 6.08 Å². The van der Waals surface area contributed by atoms with Crippen LogP contribution < -0.4 is 15.0 Å². The number of nitrogens with zero attached hydrogens (tertiary/aromatic N) is 1. The first kappa shape index (κ1) is 23.1. The zero-order valence-corrected chi connectivity index (χ0v) is 18.4. The first-order valence-electron chi connectivity index (χ1n) is 9.18. The highest BCUT2D eigenvalue weighted by Crippen LogP contribution is 2.25. The fourth-order valence-corrected chi connectivity index (χ4v) is 3.79. The molecule has 10 heteroatoms. The molecule has 0 bridgehead atoms. The Morgan fingerprint density at radius 1 is 1.00 bits per heavy atom. The predicted octanol–water partition coefficient (Wildman–Crippen LogP) is 3.26. The molecular formula is C22H18ClN3O5S. The summed E-state index contributed by atoms with van der Waals surface area (Å²) in [6.45, 7) is 0. The topological polar surface area (TPSA) is 114 Å². The van der Waals surface area contributed by atoms with Crippen molar-refractivity contribution in [2.75, 3.05) is 7.11 Å². The van der Waals surface area contributed by atoms with Gasteiger partial charge in [-0.25, -0.2) is 8.42 Å². The Morgan fingerprint density at radius 2 is 1.69 bits per heavy atom. The molecule has 0 spiro atoms. The van der Waals surface area contributed by atoms with Crippen molar-refractivity contribution in [3.63, 3.8) is 0 Å². The van der Waals surface area contributed by atoms with Crippen molar-refractivity contribution in [2.24, 2.45) is 0 Å². The number of carbonyl (C=O) groups excluding carboxylic acids is 2. The number of allylic oxidation sites excluding steroid dienone is 1. The molecule has 3 aromatic rings. The number of sulfonamides is 1. The van der Waals surface area contributed by atoms with Crippen LogP contribution in [0.1, 0.15) is 26.3 Å². The van der Waals surface area contributed by atoms with Gasteiger partial charge in [-0.1, -0.05) is 29.8 Å². The lowest BCUT2D eigenvalue weighted by Gasteiger charge is -2.12. The molecule has 0 saturated heterocycles. The summed E-state index contributed by atoms with van der Waals surface area (Å²) in [7, 11) is -2.95. The first-order chi connectivity index (χ1) is 15.3. The lowest BCUT2D eigenvalue weighted by Crippen LogP contribution is -2.41. The fraction of sp³-hybridized carbons (Fsp3) is 0.0455. The summed E-state index contributed by atoms with van der Waals surface area (Å²) >= 11 is 5.84. The normalized spacial score (nSPS) is 11.3. The largest absolute Gasteiger partial charge is 0.495 e. The van der Waals surface area contributed by atoms with Gasteiger partial charge in [-0.15, -0.1) is 4.83 Å². The average molecular weight is 472 g/mol. The van der Waals surface area contributed by atoms with Crippen molar-refractivity contribution in [1.82, 2.24) is 15.2 Å². The number of methoxy groups -OCH3 is 1. The molecule has 1 heterocycles. The fourth-order valence-electron chi connectivity index (χ4n) is 2.63. The van der Waals surface area contributed by atoms with Crippen LogP contribution in [-0.2, 0) is 10.0 Å². The number of rotatable bonds is 8. The number of ketones is 1. The molecule has 0 unspecified atom stereocenters. The molecule has 2 aromatic carbocycles. The Kier molecular flexibility index (Phi) is 7.37. The highest BCUT2D eigenvalue weighted by molar-refractivity contribution is 7.89. The van der Waals surface area contributed by atoms with Crippen molar-refractivity contribution in [3.8, 4) is 5.75 Å². The van der Waals surface area contributed by atoms with Crippen molar-refractivity contribution in [2.45, 2.75) is 4.90 Å². The van der Waals surface area contributed by atoms with Gasteiger partial charge in [0, 0.05) is 28.5 Å². The lowest BCUT2D eigenvalue weighted by atomic mass is 10.1. The number of ether oxygens (including phenoxy) is 1. The number of carbonyl (C=O) groups is 2. The van der Waals surface area contributed by atoms with Crippen molar-refractivity contribution in [1.29, 1.82) is 0 Å². The van der Waals surface area contributed by atoms with E-state index in [-0.39, 0.29) is 21.8 Å². The average Bonchev–Trinajstić information content (AvgIpc) is 2.82. The van der Waals surface area contributed by atoms with E-state index >= 15 is 0 Å². The van der Waals surface area contributed by atoms with Crippen LogP contribution in [0, 0.1) is 0 Å². The van der Waals surface area contributed by atoms with E-state index in [1.807, 2.05) is 4.83 Å². The maximum Gasteiger partial charge on any atom is 0.266 e. The highest BCUT2D eigenvalue weighted by Gasteiger charge is 2.22. The van der Waals surface area contributed by atoms with Gasteiger partial charge < -0.3 is 4.74 Å². The minimum absolute atomic E-state index is 0.00823. The van der Waals surface area contributed by atoms with Crippen LogP contribution in [0.5, 0.6) is 5.75 Å². The maximum absolute atomic E-state index is 12.8. The molecule has 164 valence electrons. The van der Waals surface area contributed by atoms with Crippen LogP contribution in [0.3, 0.4) is 0 Å². The molecule has 0 atom stereocenters. The quantitative estimate of drug-likeness (QED) is 0.296. The summed E-state index contributed by atoms with van der Waals surface area (Å²) < 4.78 is 30.7. The number of amides is 1. The van der Waals surface area contributed by atoms with Gasteiger partial charge in [-0.05, 0) is 54.1 Å². The van der Waals surface area contributed by atoms with Crippen molar-refractivity contribution < 1.29 is 22.7 Å². The third-order valence-corrected chi connectivity index (χ3v) is 5.80. The van der Waals surface area contributed by atoms with E-state index in [0.29, 0.717) is 5.02 Å². The minimum Gasteiger partial charge on any atom is -0.495 e. The van der Waals surface area contributed by atoms with Gasteiger partial charge in [0.1, 0.15) is 10.6 Å². The summed E-state index contributed by atoms with van der Waals surface area (Å²) in [6, 6.07) is 13.7. The molecule has 0 saturated carbocycles. The number of hydrogen-bond acceptors (Lipinski definition) is 6. The highest BCUT2D eigenvalue weighted by atomic mass is 35.5. The Balaban J connectivity index is 1.80. The number of pyridine rings is 1. The molecule has 1 amide bonds. The Morgan fingerprint density at radius 3 is 2.34 bits per heavy atom. The second-order valence-corrected chi connectivity index (χ2v) is 8.50. The van der Waals surface area contributed by atoms with Gasteiger partial charge >= 0.3 is 0 Å². The van der Waals surface area contributed by atoms with Crippen LogP contribution in [0.15, 0.2) is 78.0 Å². The molecule has 32 heavy (non-hydrogen) atoms. The van der Waals surface area contributed by atoms with Crippen LogP contribution in [0.2, 0.25) is 5.02 Å². The number of benzene rings is 2. The van der Waals surface area contributed by atoms with E-state index in [1.54, 1.807) is 30.3 Å². The summed E-state index contributed by atoms with van der Waals surface area (Å²) in [5, 5.41) is 0.571. The van der Waals surface area contributed by atoms with Gasteiger partial charge in [0.15, 0.2) is 5.78 Å². The number of halogens is 1. The summed E-state index contributed by atoms with van der Waals surface area (Å²) in [6.07, 6.45) is 5.71. The Bertz CT molecular complexity index is 1260. The molecule has 0 fully saturated rings. The van der Waals surface area contributed by atoms with E-state index in [0.717, 1.165) is 5.56 Å². The van der Waals surface area contributed by atoms with Gasteiger partial charge in [0.25, 0.3) is 15.9 Å². The Hall–Kier alpha value is -3.53. The SMILES string of the molecule is COc1ccc(C(=O)/C=C/c2ccc(Cl)cc2)cc1S(=O)(=O)NNC(=O)c1ccncc1.